The summed E-state index contributed by atoms with van der Waals surface area (Å²) in [6.45, 7) is 2.95. The first-order chi connectivity index (χ1) is 10.00. The second-order valence-electron chi connectivity index (χ2n) is 5.03. The van der Waals surface area contributed by atoms with Crippen LogP contribution in [0.15, 0.2) is 60.7 Å². The van der Waals surface area contributed by atoms with Crippen LogP contribution in [0.3, 0.4) is 0 Å². The third-order valence-corrected chi connectivity index (χ3v) is 2.93. The number of carbonyl (C=O) groups excluding carboxylic acids is 2. The molecule has 0 fully saturated rings. The third-order valence-electron chi connectivity index (χ3n) is 2.93. The van der Waals surface area contributed by atoms with Crippen LogP contribution in [-0.2, 0) is 9.59 Å². The summed E-state index contributed by atoms with van der Waals surface area (Å²) in [6, 6.07) is 17.2. The van der Waals surface area contributed by atoms with Crippen molar-refractivity contribution in [1.29, 1.82) is 0 Å². The van der Waals surface area contributed by atoms with E-state index in [1.54, 1.807) is 48.5 Å². The van der Waals surface area contributed by atoms with Crippen LogP contribution in [0.25, 0.3) is 0 Å². The van der Waals surface area contributed by atoms with Crippen LogP contribution in [0.4, 0.5) is 0 Å². The van der Waals surface area contributed by atoms with E-state index in [0.717, 1.165) is 0 Å². The molecule has 0 aliphatic heterocycles. The molecule has 0 aliphatic carbocycles. The van der Waals surface area contributed by atoms with Gasteiger partial charge in [-0.25, -0.2) is 0 Å². The summed E-state index contributed by atoms with van der Waals surface area (Å²) in [4.78, 5) is 24.3. The second-order valence-corrected chi connectivity index (χ2v) is 5.03. The number of benzene rings is 2. The summed E-state index contributed by atoms with van der Waals surface area (Å²) in [7, 11) is 0. The molecule has 0 radical (unpaired) electrons. The van der Waals surface area contributed by atoms with E-state index in [1.807, 2.05) is 12.1 Å². The minimum absolute atomic E-state index is 0.392. The maximum Gasteiger partial charge on any atom is 0.328 e. The Balaban J connectivity index is 2.06. The monoisotopic (exact) mass is 284 g/mol. The second kappa shape index (κ2) is 6.22. The number of hydrogen-bond donors (Lipinski definition) is 0. The zero-order valence-electron chi connectivity index (χ0n) is 11.9. The molecule has 0 saturated heterocycles. The number of para-hydroxylation sites is 2. The lowest BCUT2D eigenvalue weighted by molar-refractivity contribution is -0.158. The molecule has 0 heterocycles. The van der Waals surface area contributed by atoms with Gasteiger partial charge in [0.05, 0.1) is 0 Å². The first-order valence-corrected chi connectivity index (χ1v) is 6.55. The molecule has 0 atom stereocenters. The Hall–Kier alpha value is -2.62. The van der Waals surface area contributed by atoms with Crippen LogP contribution >= 0.6 is 0 Å². The number of hydrogen-bond acceptors (Lipinski definition) is 4. The van der Waals surface area contributed by atoms with E-state index in [9.17, 15) is 9.59 Å². The first-order valence-electron chi connectivity index (χ1n) is 6.55. The molecule has 108 valence electrons. The molecule has 0 N–H and O–H groups in total. The fraction of sp³-hybridized carbons (Fsp3) is 0.176. The molecule has 0 amide bonds. The molecule has 0 aromatic heterocycles. The van der Waals surface area contributed by atoms with Gasteiger partial charge in [-0.1, -0.05) is 36.4 Å². The molecule has 0 spiro atoms. The Kier molecular flexibility index (Phi) is 4.38. The largest absolute Gasteiger partial charge is 0.426 e. The van der Waals surface area contributed by atoms with Crippen LogP contribution in [-0.4, -0.2) is 11.9 Å². The summed E-state index contributed by atoms with van der Waals surface area (Å²) in [5, 5.41) is 0. The summed E-state index contributed by atoms with van der Waals surface area (Å²) in [5.74, 6) is -0.532. The lowest BCUT2D eigenvalue weighted by Crippen LogP contribution is -2.39. The first kappa shape index (κ1) is 14.8. The molecule has 0 saturated carbocycles. The molecular formula is C17H16O4. The molecular weight excluding hydrogens is 268 g/mol. The average Bonchev–Trinajstić information content (AvgIpc) is 2.49. The molecule has 4 nitrogen and oxygen atoms in total. The van der Waals surface area contributed by atoms with E-state index in [4.69, 9.17) is 9.47 Å². The van der Waals surface area contributed by atoms with Crippen molar-refractivity contribution in [2.24, 2.45) is 5.41 Å². The molecule has 0 aliphatic rings. The van der Waals surface area contributed by atoms with Gasteiger partial charge < -0.3 is 9.47 Å². The molecule has 21 heavy (non-hydrogen) atoms. The Labute approximate surface area is 123 Å². The van der Waals surface area contributed by atoms with Crippen molar-refractivity contribution in [3.05, 3.63) is 60.7 Å². The summed E-state index contributed by atoms with van der Waals surface area (Å²) in [6.07, 6.45) is 0. The zero-order chi connectivity index (χ0) is 15.3. The van der Waals surface area contributed by atoms with Gasteiger partial charge >= 0.3 is 11.9 Å². The third kappa shape index (κ3) is 3.69. The van der Waals surface area contributed by atoms with Gasteiger partial charge in [0.25, 0.3) is 0 Å². The van der Waals surface area contributed by atoms with Gasteiger partial charge in [-0.3, -0.25) is 9.59 Å². The lowest BCUT2D eigenvalue weighted by atomic mass is 9.94. The maximum atomic E-state index is 12.1. The Bertz CT molecular complexity index is 562. The highest BCUT2D eigenvalue weighted by molar-refractivity contribution is 6.00. The van der Waals surface area contributed by atoms with Gasteiger partial charge in [0.2, 0.25) is 0 Å². The van der Waals surface area contributed by atoms with Gasteiger partial charge in [-0.2, -0.15) is 0 Å². The molecule has 0 unspecified atom stereocenters. The van der Waals surface area contributed by atoms with Crippen molar-refractivity contribution in [2.75, 3.05) is 0 Å². The number of carbonyl (C=O) groups is 2. The number of esters is 2. The highest BCUT2D eigenvalue weighted by atomic mass is 16.6. The summed E-state index contributed by atoms with van der Waals surface area (Å²) < 4.78 is 10.4. The predicted molar refractivity (Wildman–Crippen MR) is 77.9 cm³/mol. The quantitative estimate of drug-likeness (QED) is 0.491. The number of rotatable bonds is 4. The van der Waals surface area contributed by atoms with E-state index in [-0.39, 0.29) is 0 Å². The topological polar surface area (TPSA) is 52.6 Å². The summed E-state index contributed by atoms with van der Waals surface area (Å²) >= 11 is 0. The molecule has 0 bridgehead atoms. The van der Waals surface area contributed by atoms with Gasteiger partial charge in [-0.05, 0) is 38.1 Å². The standard InChI is InChI=1S/C17H16O4/c1-17(2,15(18)20-13-9-5-3-6-10-13)16(19)21-14-11-7-4-8-12-14/h3-12H,1-2H3. The summed E-state index contributed by atoms with van der Waals surface area (Å²) in [5.41, 5.74) is -1.40. The van der Waals surface area contributed by atoms with Crippen LogP contribution in [0.1, 0.15) is 13.8 Å². The van der Waals surface area contributed by atoms with E-state index >= 15 is 0 Å². The van der Waals surface area contributed by atoms with E-state index < -0.39 is 17.4 Å². The highest BCUT2D eigenvalue weighted by Crippen LogP contribution is 2.23. The molecule has 4 heteroatoms. The average molecular weight is 284 g/mol. The zero-order valence-corrected chi connectivity index (χ0v) is 11.9. The van der Waals surface area contributed by atoms with Crippen molar-refractivity contribution in [3.8, 4) is 11.5 Å². The van der Waals surface area contributed by atoms with Crippen molar-refractivity contribution in [1.82, 2.24) is 0 Å². The molecule has 2 aromatic rings. The van der Waals surface area contributed by atoms with Crippen LogP contribution in [0.5, 0.6) is 11.5 Å². The van der Waals surface area contributed by atoms with E-state index in [2.05, 4.69) is 0 Å². The fourth-order valence-electron chi connectivity index (χ4n) is 1.53. The SMILES string of the molecule is CC(C)(C(=O)Oc1ccccc1)C(=O)Oc1ccccc1. The highest BCUT2D eigenvalue weighted by Gasteiger charge is 2.40. The van der Waals surface area contributed by atoms with Crippen LogP contribution < -0.4 is 9.47 Å². The lowest BCUT2D eigenvalue weighted by Gasteiger charge is -2.20. The smallest absolute Gasteiger partial charge is 0.328 e. The van der Waals surface area contributed by atoms with Crippen molar-refractivity contribution >= 4 is 11.9 Å². The van der Waals surface area contributed by atoms with Gasteiger partial charge in [0.15, 0.2) is 5.41 Å². The minimum atomic E-state index is -1.40. The maximum absolute atomic E-state index is 12.1. The fourth-order valence-corrected chi connectivity index (χ4v) is 1.53. The normalized spacial score (nSPS) is 10.8. The van der Waals surface area contributed by atoms with Crippen LogP contribution in [0, 0.1) is 5.41 Å². The molecule has 2 aromatic carbocycles. The van der Waals surface area contributed by atoms with Gasteiger partial charge in [0.1, 0.15) is 11.5 Å². The van der Waals surface area contributed by atoms with Gasteiger partial charge in [0, 0.05) is 0 Å². The van der Waals surface area contributed by atoms with E-state index in [1.165, 1.54) is 13.8 Å². The van der Waals surface area contributed by atoms with Crippen molar-refractivity contribution in [3.63, 3.8) is 0 Å². The number of ether oxygens (including phenoxy) is 2. The van der Waals surface area contributed by atoms with Gasteiger partial charge in [-0.15, -0.1) is 0 Å². The molecule has 2 rings (SSSR count). The Morgan fingerprint density at radius 3 is 1.38 bits per heavy atom. The predicted octanol–water partition coefficient (Wildman–Crippen LogP) is 3.22. The Morgan fingerprint density at radius 1 is 0.714 bits per heavy atom. The van der Waals surface area contributed by atoms with Crippen molar-refractivity contribution in [2.45, 2.75) is 13.8 Å². The minimum Gasteiger partial charge on any atom is -0.426 e. The Morgan fingerprint density at radius 2 is 1.05 bits per heavy atom. The van der Waals surface area contributed by atoms with Crippen molar-refractivity contribution < 1.29 is 19.1 Å². The van der Waals surface area contributed by atoms with E-state index in [0.29, 0.717) is 11.5 Å². The van der Waals surface area contributed by atoms with Crippen LogP contribution in [0.2, 0.25) is 0 Å².